The van der Waals surface area contributed by atoms with E-state index < -0.39 is 12.3 Å². The first-order valence-corrected chi connectivity index (χ1v) is 4.42. The molecule has 2 aromatic rings. The van der Waals surface area contributed by atoms with Crippen molar-refractivity contribution in [1.82, 2.24) is 0 Å². The molecule has 17 heavy (non-hydrogen) atoms. The summed E-state index contributed by atoms with van der Waals surface area (Å²) >= 11 is 0. The van der Waals surface area contributed by atoms with Gasteiger partial charge in [0.1, 0.15) is 0 Å². The Morgan fingerprint density at radius 2 is 1.35 bits per heavy atom. The number of rotatable bonds is 2. The number of carbonyl (C=O) groups excluding carboxylic acids is 2. The van der Waals surface area contributed by atoms with Crippen molar-refractivity contribution in [2.75, 3.05) is 0 Å². The van der Waals surface area contributed by atoms with Gasteiger partial charge in [0.2, 0.25) is 0 Å². The smallest absolute Gasteiger partial charge is 0.434 e. The van der Waals surface area contributed by atoms with Crippen LogP contribution in [0.2, 0.25) is 0 Å². The van der Waals surface area contributed by atoms with Gasteiger partial charge in [0, 0.05) is 12.1 Å². The van der Waals surface area contributed by atoms with Crippen LogP contribution in [0.15, 0.2) is 45.6 Å². The van der Waals surface area contributed by atoms with Crippen molar-refractivity contribution < 1.29 is 32.6 Å². The number of hydrogen-bond acceptors (Lipinski definition) is 7. The van der Waals surface area contributed by atoms with Gasteiger partial charge in [-0.3, -0.25) is 0 Å². The molecule has 0 fully saturated rings. The molecule has 0 N–H and O–H groups in total. The third-order valence-corrected chi connectivity index (χ3v) is 1.52. The topological polar surface area (TPSA) is 88.1 Å². The summed E-state index contributed by atoms with van der Waals surface area (Å²) in [5.41, 5.74) is 0. The quantitative estimate of drug-likeness (QED) is 0.586. The van der Waals surface area contributed by atoms with Gasteiger partial charge in [0.05, 0.1) is 12.5 Å². The van der Waals surface area contributed by atoms with E-state index in [0.717, 1.165) is 0 Å². The zero-order valence-electron chi connectivity index (χ0n) is 8.32. The van der Waals surface area contributed by atoms with Crippen molar-refractivity contribution in [3.05, 3.63) is 36.8 Å². The summed E-state index contributed by atoms with van der Waals surface area (Å²) in [7, 11) is 0. The molecule has 2 heterocycles. The van der Waals surface area contributed by atoms with Crippen LogP contribution in [0, 0.1) is 0 Å². The molecule has 0 aromatic carbocycles. The van der Waals surface area contributed by atoms with Gasteiger partial charge in [-0.25, -0.2) is 9.59 Å². The van der Waals surface area contributed by atoms with E-state index in [9.17, 15) is 9.59 Å². The van der Waals surface area contributed by atoms with Crippen LogP contribution in [0.3, 0.4) is 0 Å². The summed E-state index contributed by atoms with van der Waals surface area (Å²) in [5.74, 6) is -0.193. The molecule has 0 saturated heterocycles. The fourth-order valence-electron chi connectivity index (χ4n) is 0.917. The van der Waals surface area contributed by atoms with E-state index in [1.807, 2.05) is 0 Å². The summed E-state index contributed by atoms with van der Waals surface area (Å²) in [4.78, 5) is 22.0. The van der Waals surface area contributed by atoms with E-state index in [2.05, 4.69) is 14.2 Å². The average Bonchev–Trinajstić information content (AvgIpc) is 2.90. The van der Waals surface area contributed by atoms with Crippen molar-refractivity contribution >= 4 is 12.3 Å². The minimum atomic E-state index is -1.27. The molecule has 0 radical (unpaired) electrons. The van der Waals surface area contributed by atoms with Gasteiger partial charge in [-0.2, -0.15) is 0 Å². The first-order valence-electron chi connectivity index (χ1n) is 4.42. The molecular weight excluding hydrogens is 232 g/mol. The monoisotopic (exact) mass is 238 g/mol. The molecule has 7 heteroatoms. The minimum Gasteiger partial charge on any atom is -0.434 e. The largest absolute Gasteiger partial charge is 0.526 e. The normalized spacial score (nSPS) is 9.65. The van der Waals surface area contributed by atoms with Gasteiger partial charge in [0.25, 0.3) is 11.9 Å². The highest BCUT2D eigenvalue weighted by Gasteiger charge is 2.16. The molecule has 2 rings (SSSR count). The van der Waals surface area contributed by atoms with E-state index in [1.165, 1.54) is 36.8 Å². The number of ether oxygens (including phenoxy) is 3. The maximum atomic E-state index is 11.0. The second-order valence-corrected chi connectivity index (χ2v) is 2.67. The van der Waals surface area contributed by atoms with Crippen LogP contribution in [0.25, 0.3) is 0 Å². The van der Waals surface area contributed by atoms with Gasteiger partial charge in [-0.15, -0.1) is 0 Å². The Balaban J connectivity index is 1.80. The molecule has 0 aliphatic carbocycles. The molecule has 0 atom stereocenters. The molecule has 7 nitrogen and oxygen atoms in total. The zero-order valence-corrected chi connectivity index (χ0v) is 8.32. The third-order valence-electron chi connectivity index (χ3n) is 1.52. The number of hydrogen-bond donors (Lipinski definition) is 0. The molecule has 2 aromatic heterocycles. The van der Waals surface area contributed by atoms with Gasteiger partial charge >= 0.3 is 12.3 Å². The Morgan fingerprint density at radius 1 is 0.882 bits per heavy atom. The lowest BCUT2D eigenvalue weighted by Gasteiger charge is -2.00. The van der Waals surface area contributed by atoms with Crippen molar-refractivity contribution in [3.8, 4) is 11.9 Å². The molecule has 0 unspecified atom stereocenters. The van der Waals surface area contributed by atoms with Crippen LogP contribution in [0.1, 0.15) is 0 Å². The lowest BCUT2D eigenvalue weighted by Crippen LogP contribution is -2.18. The Labute approximate surface area is 94.5 Å². The Kier molecular flexibility index (Phi) is 3.10. The maximum absolute atomic E-state index is 11.0. The predicted octanol–water partition coefficient (Wildman–Crippen LogP) is 2.59. The van der Waals surface area contributed by atoms with E-state index in [4.69, 9.17) is 8.83 Å². The molecule has 0 bridgehead atoms. The summed E-state index contributed by atoms with van der Waals surface area (Å²) in [5, 5.41) is 0. The second kappa shape index (κ2) is 4.88. The lowest BCUT2D eigenvalue weighted by atomic mass is 10.7. The van der Waals surface area contributed by atoms with Gasteiger partial charge in [-0.05, 0) is 12.1 Å². The van der Waals surface area contributed by atoms with E-state index in [1.54, 1.807) is 0 Å². The lowest BCUT2D eigenvalue weighted by molar-refractivity contribution is 0.0790. The van der Waals surface area contributed by atoms with Crippen molar-refractivity contribution in [1.29, 1.82) is 0 Å². The number of furan rings is 2. The van der Waals surface area contributed by atoms with E-state index >= 15 is 0 Å². The van der Waals surface area contributed by atoms with Gasteiger partial charge in [0.15, 0.2) is 0 Å². The van der Waals surface area contributed by atoms with Crippen molar-refractivity contribution in [3.63, 3.8) is 0 Å². The van der Waals surface area contributed by atoms with E-state index in [-0.39, 0.29) is 11.9 Å². The molecular formula is C10H6O7. The SMILES string of the molecule is O=C(OC(=O)Oc1ccco1)Oc1ccco1. The van der Waals surface area contributed by atoms with Crippen molar-refractivity contribution in [2.45, 2.75) is 0 Å². The standard InChI is InChI=1S/C10H6O7/c11-9(15-7-3-1-5-13-7)17-10(12)16-8-4-2-6-14-8/h1-6H. The predicted molar refractivity (Wildman–Crippen MR) is 50.5 cm³/mol. The third kappa shape index (κ3) is 3.13. The second-order valence-electron chi connectivity index (χ2n) is 2.67. The summed E-state index contributed by atoms with van der Waals surface area (Å²) in [6.45, 7) is 0. The first-order chi connectivity index (χ1) is 8.24. The summed E-state index contributed by atoms with van der Waals surface area (Å²) in [6.07, 6.45) is 0.0566. The fraction of sp³-hybridized carbons (Fsp3) is 0. The summed E-state index contributed by atoms with van der Waals surface area (Å²) in [6, 6.07) is 5.76. The van der Waals surface area contributed by atoms with Crippen LogP contribution in [0.4, 0.5) is 9.59 Å². The first kappa shape index (κ1) is 10.8. The maximum Gasteiger partial charge on any atom is 0.526 e. The molecule has 0 amide bonds. The highest BCUT2D eigenvalue weighted by molar-refractivity contribution is 5.79. The van der Waals surface area contributed by atoms with Crippen LogP contribution in [0.5, 0.6) is 11.9 Å². The number of carbonyl (C=O) groups is 2. The molecule has 0 aliphatic heterocycles. The Hall–Kier alpha value is -2.70. The van der Waals surface area contributed by atoms with Crippen LogP contribution >= 0.6 is 0 Å². The Bertz CT molecular complexity index is 436. The molecule has 0 aliphatic rings. The average molecular weight is 238 g/mol. The highest BCUT2D eigenvalue weighted by atomic mass is 16.8. The van der Waals surface area contributed by atoms with Crippen LogP contribution in [-0.2, 0) is 4.74 Å². The minimum absolute atomic E-state index is 0.0965. The molecule has 0 spiro atoms. The van der Waals surface area contributed by atoms with Crippen LogP contribution < -0.4 is 9.47 Å². The zero-order chi connectivity index (χ0) is 12.1. The van der Waals surface area contributed by atoms with Crippen molar-refractivity contribution in [2.24, 2.45) is 0 Å². The summed E-state index contributed by atoms with van der Waals surface area (Å²) < 4.78 is 22.5. The van der Waals surface area contributed by atoms with E-state index in [0.29, 0.717) is 0 Å². The van der Waals surface area contributed by atoms with Gasteiger partial charge in [-0.1, -0.05) is 0 Å². The fourth-order valence-corrected chi connectivity index (χ4v) is 0.917. The van der Waals surface area contributed by atoms with Gasteiger partial charge < -0.3 is 23.0 Å². The molecule has 0 saturated carbocycles. The Morgan fingerprint density at radius 3 is 1.71 bits per heavy atom. The highest BCUT2D eigenvalue weighted by Crippen LogP contribution is 2.12. The molecule has 88 valence electrons. The van der Waals surface area contributed by atoms with Crippen LogP contribution in [-0.4, -0.2) is 12.3 Å².